The van der Waals surface area contributed by atoms with Crippen molar-refractivity contribution in [2.24, 2.45) is 0 Å². The Morgan fingerprint density at radius 1 is 1.20 bits per heavy atom. The number of halogens is 1. The Morgan fingerprint density at radius 3 is 2.52 bits per heavy atom. The lowest BCUT2D eigenvalue weighted by Crippen LogP contribution is -2.48. The Kier molecular flexibility index (Phi) is 5.56. The number of pyridine rings is 1. The summed E-state index contributed by atoms with van der Waals surface area (Å²) < 4.78 is 11.4. The molecular weight excluding hydrogens is 340 g/mol. The number of aromatic nitrogens is 1. The van der Waals surface area contributed by atoms with Gasteiger partial charge in [-0.1, -0.05) is 17.7 Å². The highest BCUT2D eigenvalue weighted by Crippen LogP contribution is 2.18. The van der Waals surface area contributed by atoms with E-state index in [0.29, 0.717) is 36.2 Å². The van der Waals surface area contributed by atoms with Gasteiger partial charge < -0.3 is 14.4 Å². The Hall–Kier alpha value is -2.11. The molecule has 1 amide bonds. The van der Waals surface area contributed by atoms with E-state index in [2.05, 4.69) is 4.98 Å². The van der Waals surface area contributed by atoms with Gasteiger partial charge in [0.25, 0.3) is 5.91 Å². The summed E-state index contributed by atoms with van der Waals surface area (Å²) in [4.78, 5) is 18.6. The Bertz CT molecular complexity index is 726. The van der Waals surface area contributed by atoms with E-state index < -0.39 is 0 Å². The van der Waals surface area contributed by atoms with Gasteiger partial charge in [0.05, 0.1) is 17.9 Å². The maximum Gasteiger partial charge on any atom is 0.254 e. The van der Waals surface area contributed by atoms with Crippen LogP contribution in [0.2, 0.25) is 5.15 Å². The highest BCUT2D eigenvalue weighted by Gasteiger charge is 2.26. The van der Waals surface area contributed by atoms with E-state index in [-0.39, 0.29) is 18.1 Å². The molecule has 1 aromatic carbocycles. The Labute approximate surface area is 152 Å². The summed E-state index contributed by atoms with van der Waals surface area (Å²) >= 11 is 5.86. The smallest absolute Gasteiger partial charge is 0.254 e. The van der Waals surface area contributed by atoms with Crippen molar-refractivity contribution in [3.63, 3.8) is 0 Å². The van der Waals surface area contributed by atoms with E-state index in [0.717, 1.165) is 5.69 Å². The van der Waals surface area contributed by atoms with Crippen LogP contribution in [0, 0.1) is 0 Å². The number of ether oxygens (including phenoxy) is 2. The third-order valence-corrected chi connectivity index (χ3v) is 4.18. The van der Waals surface area contributed by atoms with Crippen LogP contribution in [0.15, 0.2) is 42.5 Å². The minimum atomic E-state index is 0.0186. The van der Waals surface area contributed by atoms with Crippen LogP contribution < -0.4 is 4.74 Å². The lowest BCUT2D eigenvalue weighted by molar-refractivity contribution is -0.0586. The maximum atomic E-state index is 12.6. The Balaban J connectivity index is 1.60. The third kappa shape index (κ3) is 4.71. The minimum absolute atomic E-state index is 0.0186. The molecule has 0 spiro atoms. The molecule has 1 aliphatic rings. The molecule has 2 unspecified atom stereocenters. The number of carbonyl (C=O) groups excluding carboxylic acids is 1. The molecule has 0 N–H and O–H groups in total. The van der Waals surface area contributed by atoms with Crippen molar-refractivity contribution in [3.8, 4) is 5.75 Å². The first-order valence-corrected chi connectivity index (χ1v) is 8.68. The fourth-order valence-corrected chi connectivity index (χ4v) is 3.09. The minimum Gasteiger partial charge on any atom is -0.487 e. The van der Waals surface area contributed by atoms with Gasteiger partial charge in [0, 0.05) is 18.7 Å². The summed E-state index contributed by atoms with van der Waals surface area (Å²) in [7, 11) is 0. The van der Waals surface area contributed by atoms with Crippen LogP contribution in [-0.2, 0) is 11.3 Å². The maximum absolute atomic E-state index is 12.6. The summed E-state index contributed by atoms with van der Waals surface area (Å²) in [5.41, 5.74) is 1.40. The van der Waals surface area contributed by atoms with Crippen LogP contribution in [0.4, 0.5) is 0 Å². The second kappa shape index (κ2) is 7.85. The van der Waals surface area contributed by atoms with Crippen LogP contribution in [0.3, 0.4) is 0 Å². The first kappa shape index (κ1) is 17.7. The number of morpholine rings is 1. The van der Waals surface area contributed by atoms with Crippen molar-refractivity contribution in [1.29, 1.82) is 0 Å². The quantitative estimate of drug-likeness (QED) is 0.782. The zero-order chi connectivity index (χ0) is 17.8. The molecule has 5 nitrogen and oxygen atoms in total. The van der Waals surface area contributed by atoms with Crippen LogP contribution in [0.1, 0.15) is 29.9 Å². The standard InChI is InChI=1S/C19H21ClN2O3/c1-13-10-22(11-14(2)25-13)19(23)15-6-8-17(9-7-15)24-12-16-4-3-5-18(20)21-16/h3-9,13-14H,10-12H2,1-2H3. The predicted octanol–water partition coefficient (Wildman–Crippen LogP) is 3.56. The summed E-state index contributed by atoms with van der Waals surface area (Å²) in [6.07, 6.45) is 0.112. The van der Waals surface area contributed by atoms with Gasteiger partial charge in [-0.05, 0) is 50.2 Å². The van der Waals surface area contributed by atoms with Gasteiger partial charge in [0.2, 0.25) is 0 Å². The fourth-order valence-electron chi connectivity index (χ4n) is 2.91. The average Bonchev–Trinajstić information content (AvgIpc) is 2.59. The molecule has 1 aromatic heterocycles. The molecule has 1 saturated heterocycles. The molecule has 0 radical (unpaired) electrons. The molecule has 6 heteroatoms. The zero-order valence-corrected chi connectivity index (χ0v) is 15.1. The highest BCUT2D eigenvalue weighted by atomic mass is 35.5. The van der Waals surface area contributed by atoms with Gasteiger partial charge in [0.1, 0.15) is 17.5 Å². The molecule has 2 heterocycles. The number of amides is 1. The largest absolute Gasteiger partial charge is 0.487 e. The van der Waals surface area contributed by atoms with Crippen molar-refractivity contribution >= 4 is 17.5 Å². The van der Waals surface area contributed by atoms with E-state index in [1.165, 1.54) is 0 Å². The second-order valence-corrected chi connectivity index (χ2v) is 6.62. The van der Waals surface area contributed by atoms with Crippen LogP contribution in [-0.4, -0.2) is 41.1 Å². The summed E-state index contributed by atoms with van der Waals surface area (Å²) in [6, 6.07) is 12.6. The summed E-state index contributed by atoms with van der Waals surface area (Å²) in [5.74, 6) is 0.701. The normalized spacial score (nSPS) is 20.4. The van der Waals surface area contributed by atoms with Crippen LogP contribution in [0.25, 0.3) is 0 Å². The first-order chi connectivity index (χ1) is 12.0. The monoisotopic (exact) mass is 360 g/mol. The van der Waals surface area contributed by atoms with Crippen molar-refractivity contribution in [2.45, 2.75) is 32.7 Å². The molecule has 2 atom stereocenters. The van der Waals surface area contributed by atoms with E-state index in [1.54, 1.807) is 30.3 Å². The lowest BCUT2D eigenvalue weighted by Gasteiger charge is -2.35. The molecular formula is C19H21ClN2O3. The van der Waals surface area contributed by atoms with Gasteiger partial charge in [-0.3, -0.25) is 4.79 Å². The molecule has 1 aliphatic heterocycles. The predicted molar refractivity (Wildman–Crippen MR) is 95.9 cm³/mol. The average molecular weight is 361 g/mol. The molecule has 0 aliphatic carbocycles. The number of carbonyl (C=O) groups is 1. The second-order valence-electron chi connectivity index (χ2n) is 6.23. The number of benzene rings is 1. The fraction of sp³-hybridized carbons (Fsp3) is 0.368. The van der Waals surface area contributed by atoms with E-state index >= 15 is 0 Å². The van der Waals surface area contributed by atoms with Crippen LogP contribution >= 0.6 is 11.6 Å². The first-order valence-electron chi connectivity index (χ1n) is 8.30. The van der Waals surface area contributed by atoms with E-state index in [1.807, 2.05) is 30.9 Å². The van der Waals surface area contributed by atoms with Crippen LogP contribution in [0.5, 0.6) is 5.75 Å². The van der Waals surface area contributed by atoms with Crippen molar-refractivity contribution in [1.82, 2.24) is 9.88 Å². The van der Waals surface area contributed by atoms with Gasteiger partial charge in [-0.2, -0.15) is 0 Å². The van der Waals surface area contributed by atoms with E-state index in [4.69, 9.17) is 21.1 Å². The summed E-state index contributed by atoms with van der Waals surface area (Å²) in [5, 5.41) is 0.441. The SMILES string of the molecule is CC1CN(C(=O)c2ccc(OCc3cccc(Cl)n3)cc2)CC(C)O1. The van der Waals surface area contributed by atoms with Gasteiger partial charge in [-0.15, -0.1) is 0 Å². The Morgan fingerprint density at radius 2 is 1.88 bits per heavy atom. The third-order valence-electron chi connectivity index (χ3n) is 3.97. The topological polar surface area (TPSA) is 51.7 Å². The molecule has 132 valence electrons. The van der Waals surface area contributed by atoms with Gasteiger partial charge in [-0.25, -0.2) is 4.98 Å². The molecule has 3 rings (SSSR count). The molecule has 25 heavy (non-hydrogen) atoms. The highest BCUT2D eigenvalue weighted by molar-refractivity contribution is 6.29. The van der Waals surface area contributed by atoms with Crippen molar-refractivity contribution in [2.75, 3.05) is 13.1 Å². The van der Waals surface area contributed by atoms with Gasteiger partial charge >= 0.3 is 0 Å². The van der Waals surface area contributed by atoms with E-state index in [9.17, 15) is 4.79 Å². The molecule has 2 aromatic rings. The number of rotatable bonds is 4. The van der Waals surface area contributed by atoms with Gasteiger partial charge in [0.15, 0.2) is 0 Å². The summed E-state index contributed by atoms with van der Waals surface area (Å²) in [6.45, 7) is 5.52. The van der Waals surface area contributed by atoms with Crippen molar-refractivity contribution in [3.05, 3.63) is 58.9 Å². The molecule has 1 fully saturated rings. The zero-order valence-electron chi connectivity index (χ0n) is 14.3. The number of nitrogens with zero attached hydrogens (tertiary/aromatic N) is 2. The number of hydrogen-bond donors (Lipinski definition) is 0. The molecule has 0 bridgehead atoms. The number of hydrogen-bond acceptors (Lipinski definition) is 4. The lowest BCUT2D eigenvalue weighted by atomic mass is 10.1. The molecule has 0 saturated carbocycles. The van der Waals surface area contributed by atoms with Crippen molar-refractivity contribution < 1.29 is 14.3 Å².